The minimum absolute atomic E-state index is 0.153. The summed E-state index contributed by atoms with van der Waals surface area (Å²) >= 11 is 0. The fourth-order valence-electron chi connectivity index (χ4n) is 3.63. The Morgan fingerprint density at radius 1 is 0.727 bits per heavy atom. The number of ether oxygens (including phenoxy) is 2. The highest BCUT2D eigenvalue weighted by Crippen LogP contribution is 2.30. The summed E-state index contributed by atoms with van der Waals surface area (Å²) in [4.78, 5) is 26.4. The van der Waals surface area contributed by atoms with Crippen LogP contribution in [0.25, 0.3) is 0 Å². The number of unbranched alkanes of at least 4 members (excludes halogenated alkanes) is 1. The van der Waals surface area contributed by atoms with Crippen molar-refractivity contribution in [1.29, 1.82) is 0 Å². The molecule has 0 aliphatic heterocycles. The summed E-state index contributed by atoms with van der Waals surface area (Å²) in [5.41, 5.74) is 0.618. The molecule has 0 unspecified atom stereocenters. The van der Waals surface area contributed by atoms with Gasteiger partial charge in [-0.05, 0) is 55.9 Å². The Kier molecular flexibility index (Phi) is 17.6. The standard InChI is InChI=1S/C27H53NO5/c1-7-26(4,5)16-12-22-32-24(30)14-19-28(18-10-11-21-29)20-15-25(31)33-23-13-17-27(6,8-2)9-3/h29H,7-23H2,1-6H3. The largest absolute Gasteiger partial charge is 0.466 e. The zero-order valence-electron chi connectivity index (χ0n) is 22.5. The van der Waals surface area contributed by atoms with Gasteiger partial charge in [-0.1, -0.05) is 60.8 Å². The number of hydrogen-bond acceptors (Lipinski definition) is 6. The van der Waals surface area contributed by atoms with E-state index in [1.807, 2.05) is 0 Å². The van der Waals surface area contributed by atoms with Gasteiger partial charge in [0.1, 0.15) is 0 Å². The minimum atomic E-state index is -0.186. The lowest BCUT2D eigenvalue weighted by molar-refractivity contribution is -0.144. The van der Waals surface area contributed by atoms with Crippen LogP contribution >= 0.6 is 0 Å². The molecule has 0 atom stereocenters. The van der Waals surface area contributed by atoms with Crippen LogP contribution in [0.3, 0.4) is 0 Å². The van der Waals surface area contributed by atoms with Crippen molar-refractivity contribution in [2.75, 3.05) is 39.5 Å². The van der Waals surface area contributed by atoms with E-state index in [1.54, 1.807) is 0 Å². The molecule has 0 saturated carbocycles. The van der Waals surface area contributed by atoms with E-state index in [2.05, 4.69) is 46.4 Å². The first kappa shape index (κ1) is 31.9. The van der Waals surface area contributed by atoms with Gasteiger partial charge < -0.3 is 19.5 Å². The van der Waals surface area contributed by atoms with Gasteiger partial charge in [-0.25, -0.2) is 0 Å². The number of aliphatic hydroxyl groups excluding tert-OH is 1. The number of esters is 2. The fraction of sp³-hybridized carbons (Fsp3) is 0.926. The zero-order valence-corrected chi connectivity index (χ0v) is 22.5. The van der Waals surface area contributed by atoms with Gasteiger partial charge in [0.25, 0.3) is 0 Å². The van der Waals surface area contributed by atoms with Crippen molar-refractivity contribution < 1.29 is 24.2 Å². The van der Waals surface area contributed by atoms with Gasteiger partial charge in [0.05, 0.1) is 26.1 Å². The number of nitrogens with zero attached hydrogens (tertiary/aromatic N) is 1. The Balaban J connectivity index is 4.25. The molecular formula is C27H53NO5. The lowest BCUT2D eigenvalue weighted by atomic mass is 9.80. The number of carbonyl (C=O) groups is 2. The van der Waals surface area contributed by atoms with Crippen LogP contribution < -0.4 is 0 Å². The first-order valence-corrected chi connectivity index (χ1v) is 13.3. The van der Waals surface area contributed by atoms with Crippen molar-refractivity contribution in [2.24, 2.45) is 10.8 Å². The topological polar surface area (TPSA) is 76.1 Å². The molecule has 196 valence electrons. The Morgan fingerprint density at radius 3 is 1.70 bits per heavy atom. The van der Waals surface area contributed by atoms with Crippen LogP contribution in [0, 0.1) is 10.8 Å². The highest BCUT2D eigenvalue weighted by molar-refractivity contribution is 5.70. The molecular weight excluding hydrogens is 418 g/mol. The number of aliphatic hydroxyl groups is 1. The molecule has 0 amide bonds. The second-order valence-electron chi connectivity index (χ2n) is 10.5. The molecule has 0 aromatic carbocycles. The molecule has 0 spiro atoms. The fourth-order valence-corrected chi connectivity index (χ4v) is 3.63. The van der Waals surface area contributed by atoms with Gasteiger partial charge in [0.15, 0.2) is 0 Å². The molecule has 0 saturated heterocycles. The Bertz CT molecular complexity index is 517. The molecule has 6 nitrogen and oxygen atoms in total. The molecule has 0 aliphatic rings. The van der Waals surface area contributed by atoms with E-state index in [9.17, 15) is 9.59 Å². The molecule has 1 N–H and O–H groups in total. The van der Waals surface area contributed by atoms with Crippen molar-refractivity contribution in [2.45, 2.75) is 112 Å². The summed E-state index contributed by atoms with van der Waals surface area (Å²) in [6, 6.07) is 0. The smallest absolute Gasteiger partial charge is 0.307 e. The van der Waals surface area contributed by atoms with Crippen LogP contribution in [0.4, 0.5) is 0 Å². The van der Waals surface area contributed by atoms with Crippen LogP contribution in [-0.4, -0.2) is 61.4 Å². The molecule has 0 rings (SSSR count). The zero-order chi connectivity index (χ0) is 25.2. The lowest BCUT2D eigenvalue weighted by Gasteiger charge is -2.26. The van der Waals surface area contributed by atoms with Crippen LogP contribution in [0.2, 0.25) is 0 Å². The monoisotopic (exact) mass is 471 g/mol. The molecule has 0 radical (unpaired) electrons. The van der Waals surface area contributed by atoms with Crippen LogP contribution in [0.15, 0.2) is 0 Å². The van der Waals surface area contributed by atoms with Gasteiger partial charge >= 0.3 is 11.9 Å². The number of carbonyl (C=O) groups excluding carboxylic acids is 2. The summed E-state index contributed by atoms with van der Waals surface area (Å²) in [5.74, 6) is -0.369. The predicted molar refractivity (Wildman–Crippen MR) is 135 cm³/mol. The van der Waals surface area contributed by atoms with Crippen molar-refractivity contribution in [3.05, 3.63) is 0 Å². The van der Waals surface area contributed by atoms with Crippen molar-refractivity contribution in [1.82, 2.24) is 4.90 Å². The van der Waals surface area contributed by atoms with Crippen molar-refractivity contribution >= 4 is 11.9 Å². The highest BCUT2D eigenvalue weighted by Gasteiger charge is 2.19. The predicted octanol–water partition coefficient (Wildman–Crippen LogP) is 5.75. The maximum atomic E-state index is 12.2. The average molecular weight is 472 g/mol. The summed E-state index contributed by atoms with van der Waals surface area (Å²) in [6.07, 6.45) is 9.46. The van der Waals surface area contributed by atoms with Gasteiger partial charge in [-0.3, -0.25) is 9.59 Å². The summed E-state index contributed by atoms with van der Waals surface area (Å²) in [6.45, 7) is 16.3. The highest BCUT2D eigenvalue weighted by atomic mass is 16.5. The summed E-state index contributed by atoms with van der Waals surface area (Å²) in [5, 5.41) is 9.06. The Hall–Kier alpha value is -1.14. The van der Waals surface area contributed by atoms with Gasteiger partial charge in [0, 0.05) is 19.7 Å². The Morgan fingerprint density at radius 2 is 1.24 bits per heavy atom. The molecule has 0 bridgehead atoms. The van der Waals surface area contributed by atoms with E-state index in [4.69, 9.17) is 14.6 Å². The number of rotatable bonds is 21. The molecule has 0 aliphatic carbocycles. The first-order chi connectivity index (χ1) is 15.6. The van der Waals surface area contributed by atoms with Crippen molar-refractivity contribution in [3.63, 3.8) is 0 Å². The quantitative estimate of drug-likeness (QED) is 0.170. The second kappa shape index (κ2) is 18.2. The van der Waals surface area contributed by atoms with E-state index < -0.39 is 0 Å². The summed E-state index contributed by atoms with van der Waals surface area (Å²) < 4.78 is 10.8. The molecule has 33 heavy (non-hydrogen) atoms. The molecule has 0 fully saturated rings. The van der Waals surface area contributed by atoms with Crippen molar-refractivity contribution in [3.8, 4) is 0 Å². The third-order valence-electron chi connectivity index (χ3n) is 7.26. The van der Waals surface area contributed by atoms with Gasteiger partial charge in [-0.15, -0.1) is 0 Å². The molecule has 0 heterocycles. The minimum Gasteiger partial charge on any atom is -0.466 e. The summed E-state index contributed by atoms with van der Waals surface area (Å²) in [7, 11) is 0. The first-order valence-electron chi connectivity index (χ1n) is 13.3. The Labute approximate surface area is 203 Å². The second-order valence-corrected chi connectivity index (χ2v) is 10.5. The van der Waals surface area contributed by atoms with E-state index in [-0.39, 0.29) is 24.0 Å². The average Bonchev–Trinajstić information content (AvgIpc) is 2.80. The molecule has 0 aromatic rings. The van der Waals surface area contributed by atoms with Gasteiger partial charge in [0.2, 0.25) is 0 Å². The van der Waals surface area contributed by atoms with Crippen LogP contribution in [0.1, 0.15) is 112 Å². The van der Waals surface area contributed by atoms with E-state index in [1.165, 1.54) is 0 Å². The van der Waals surface area contributed by atoms with Crippen LogP contribution in [0.5, 0.6) is 0 Å². The third-order valence-corrected chi connectivity index (χ3v) is 7.26. The number of hydrogen-bond donors (Lipinski definition) is 1. The van der Waals surface area contributed by atoms with Gasteiger partial charge in [-0.2, -0.15) is 0 Å². The normalized spacial score (nSPS) is 12.2. The SMILES string of the molecule is CCC(C)(C)CCCOC(=O)CCN(CCCCO)CCC(=O)OCCCC(C)(CC)CC. The maximum Gasteiger partial charge on any atom is 0.307 e. The van der Waals surface area contributed by atoms with Crippen LogP contribution in [-0.2, 0) is 19.1 Å². The molecule has 6 heteroatoms. The third kappa shape index (κ3) is 17.0. The maximum absolute atomic E-state index is 12.2. The lowest BCUT2D eigenvalue weighted by Crippen LogP contribution is -2.31. The van der Waals surface area contributed by atoms with E-state index in [0.717, 1.165) is 57.9 Å². The molecule has 0 aromatic heterocycles. The van der Waals surface area contributed by atoms with E-state index >= 15 is 0 Å². The van der Waals surface area contributed by atoms with E-state index in [0.29, 0.717) is 51.0 Å².